The van der Waals surface area contributed by atoms with Crippen LogP contribution in [0, 0.1) is 0 Å². The number of nitrogens with zero attached hydrogens (tertiary/aromatic N) is 1. The Bertz CT molecular complexity index is 510. The van der Waals surface area contributed by atoms with Gasteiger partial charge in [-0.2, -0.15) is 0 Å². The molecular weight excluding hydrogens is 305 g/mol. The van der Waals surface area contributed by atoms with Crippen LogP contribution in [0.3, 0.4) is 0 Å². The summed E-state index contributed by atoms with van der Waals surface area (Å²) in [7, 11) is -3.06. The van der Waals surface area contributed by atoms with Crippen LogP contribution in [0.25, 0.3) is 0 Å². The fourth-order valence-corrected chi connectivity index (χ4v) is 6.15. The Morgan fingerprint density at radius 1 is 1.09 bits per heavy atom. The summed E-state index contributed by atoms with van der Waals surface area (Å²) in [5, 5.41) is 0. The molecule has 0 spiro atoms. The van der Waals surface area contributed by atoms with E-state index in [1.165, 1.54) is 0 Å². The topological polar surface area (TPSA) is 57.2 Å². The smallest absolute Gasteiger partial charge is 0.295 e. The largest absolute Gasteiger partial charge is 0.339 e. The Kier molecular flexibility index (Phi) is 4.08. The van der Waals surface area contributed by atoms with Crippen molar-refractivity contribution in [1.29, 1.82) is 0 Å². The maximum Gasteiger partial charge on any atom is 0.295 e. The molecule has 3 heterocycles. The Balaban J connectivity index is 1.85. The molecule has 3 rings (SSSR count). The normalized spacial score (nSPS) is 43.1. The molecule has 0 aromatic rings. The first-order chi connectivity index (χ1) is 10.1. The van der Waals surface area contributed by atoms with Gasteiger partial charge in [0, 0.05) is 17.9 Å². The van der Waals surface area contributed by atoms with Crippen molar-refractivity contribution in [3.05, 3.63) is 11.9 Å². The van der Waals surface area contributed by atoms with E-state index >= 15 is 0 Å². The third-order valence-corrected chi connectivity index (χ3v) is 6.81. The summed E-state index contributed by atoms with van der Waals surface area (Å²) in [6.45, 7) is 11.8. The Morgan fingerprint density at radius 2 is 1.73 bits per heavy atom. The van der Waals surface area contributed by atoms with Gasteiger partial charge in [-0.3, -0.25) is 4.57 Å². The van der Waals surface area contributed by atoms with E-state index < -0.39 is 25.7 Å². The number of ether oxygens (including phenoxy) is 3. The summed E-state index contributed by atoms with van der Waals surface area (Å²) >= 11 is 0. The van der Waals surface area contributed by atoms with Crippen LogP contribution in [0.2, 0.25) is 0 Å². The molecule has 6 nitrogen and oxygen atoms in total. The SMILES string of the molecule is CC(C)N(C(C)C)P1(=O)C=C[C@H]2O[C@@H]3OC(C)(C)O[C@@H]3[C@H]2O1. The summed E-state index contributed by atoms with van der Waals surface area (Å²) < 4.78 is 38.8. The van der Waals surface area contributed by atoms with Crippen LogP contribution in [0.1, 0.15) is 41.5 Å². The Hall–Kier alpha value is -0.230. The lowest BCUT2D eigenvalue weighted by Gasteiger charge is -2.40. The van der Waals surface area contributed by atoms with Gasteiger partial charge < -0.3 is 18.7 Å². The van der Waals surface area contributed by atoms with Crippen LogP contribution >= 0.6 is 7.52 Å². The molecule has 0 aliphatic carbocycles. The third-order valence-electron chi connectivity index (χ3n) is 4.14. The summed E-state index contributed by atoms with van der Waals surface area (Å²) in [6.07, 6.45) is 0.356. The standard InChI is InChI=1S/C15H26NO5P/c1-9(2)16(10(3)4)22(17)8-7-11-12(21-22)13-14(18-11)20-15(5,6)19-13/h7-14H,1-6H3/t11-,12+,13-,14-,22?/m1/s1. The van der Waals surface area contributed by atoms with E-state index in [1.807, 2.05) is 52.3 Å². The van der Waals surface area contributed by atoms with Crippen LogP contribution in [-0.4, -0.2) is 47.1 Å². The van der Waals surface area contributed by atoms with E-state index in [0.717, 1.165) is 0 Å². The molecule has 5 atom stereocenters. The lowest BCUT2D eigenvalue weighted by molar-refractivity contribution is -0.208. The molecular formula is C15H26NO5P. The van der Waals surface area contributed by atoms with Crippen molar-refractivity contribution in [2.45, 2.75) is 84.0 Å². The summed E-state index contributed by atoms with van der Waals surface area (Å²) in [6, 6.07) is 0.227. The summed E-state index contributed by atoms with van der Waals surface area (Å²) in [5.41, 5.74) is 0. The van der Waals surface area contributed by atoms with E-state index in [9.17, 15) is 4.57 Å². The maximum atomic E-state index is 13.4. The average Bonchev–Trinajstić information content (AvgIpc) is 2.80. The zero-order valence-electron chi connectivity index (χ0n) is 14.1. The molecule has 7 heteroatoms. The van der Waals surface area contributed by atoms with Gasteiger partial charge in [-0.05, 0) is 47.6 Å². The van der Waals surface area contributed by atoms with Crippen molar-refractivity contribution >= 4 is 7.52 Å². The Morgan fingerprint density at radius 3 is 2.32 bits per heavy atom. The first-order valence-electron chi connectivity index (χ1n) is 7.90. The minimum Gasteiger partial charge on any atom is -0.339 e. The van der Waals surface area contributed by atoms with Gasteiger partial charge >= 0.3 is 0 Å². The fourth-order valence-electron chi connectivity index (χ4n) is 3.55. The van der Waals surface area contributed by atoms with Crippen molar-refractivity contribution in [1.82, 2.24) is 4.67 Å². The Labute approximate surface area is 132 Å². The third kappa shape index (κ3) is 2.70. The molecule has 22 heavy (non-hydrogen) atoms. The fraction of sp³-hybridized carbons (Fsp3) is 0.867. The summed E-state index contributed by atoms with van der Waals surface area (Å²) in [5.74, 6) is 0.963. The van der Waals surface area contributed by atoms with Crippen molar-refractivity contribution in [2.75, 3.05) is 0 Å². The van der Waals surface area contributed by atoms with Crippen LogP contribution in [0.15, 0.2) is 11.9 Å². The molecule has 2 fully saturated rings. The van der Waals surface area contributed by atoms with Gasteiger partial charge in [-0.25, -0.2) is 4.67 Å². The summed E-state index contributed by atoms with van der Waals surface area (Å²) in [4.78, 5) is 0. The van der Waals surface area contributed by atoms with Gasteiger partial charge in [0.15, 0.2) is 12.1 Å². The quantitative estimate of drug-likeness (QED) is 0.741. The molecule has 126 valence electrons. The van der Waals surface area contributed by atoms with E-state index in [4.69, 9.17) is 18.7 Å². The zero-order chi connectivity index (χ0) is 16.3. The van der Waals surface area contributed by atoms with E-state index in [1.54, 1.807) is 5.82 Å². The highest BCUT2D eigenvalue weighted by atomic mass is 31.2. The second-order valence-electron chi connectivity index (χ2n) is 7.11. The first-order valence-corrected chi connectivity index (χ1v) is 9.55. The first kappa shape index (κ1) is 16.6. The molecule has 0 N–H and O–H groups in total. The lowest BCUT2D eigenvalue weighted by Crippen LogP contribution is -2.41. The molecule has 0 aromatic carbocycles. The average molecular weight is 331 g/mol. The zero-order valence-corrected chi connectivity index (χ0v) is 14.9. The van der Waals surface area contributed by atoms with Crippen molar-refractivity contribution in [3.8, 4) is 0 Å². The minimum absolute atomic E-state index is 0.113. The second kappa shape index (κ2) is 5.40. The molecule has 0 saturated carbocycles. The van der Waals surface area contributed by atoms with Gasteiger partial charge in [0.05, 0.1) is 0 Å². The predicted molar refractivity (Wildman–Crippen MR) is 82.4 cm³/mol. The maximum absolute atomic E-state index is 13.4. The molecule has 0 radical (unpaired) electrons. The van der Waals surface area contributed by atoms with Crippen molar-refractivity contribution in [2.24, 2.45) is 0 Å². The van der Waals surface area contributed by atoms with Gasteiger partial charge in [-0.1, -0.05) is 0 Å². The monoisotopic (exact) mass is 331 g/mol. The minimum atomic E-state index is -3.06. The molecule has 0 bridgehead atoms. The highest BCUT2D eigenvalue weighted by Gasteiger charge is 2.58. The lowest BCUT2D eigenvalue weighted by atomic mass is 10.1. The number of hydrogen-bond acceptors (Lipinski definition) is 5. The van der Waals surface area contributed by atoms with Crippen LogP contribution in [0.5, 0.6) is 0 Å². The van der Waals surface area contributed by atoms with Crippen LogP contribution in [0.4, 0.5) is 0 Å². The van der Waals surface area contributed by atoms with Gasteiger partial charge in [0.25, 0.3) is 7.52 Å². The van der Waals surface area contributed by atoms with E-state index in [0.29, 0.717) is 0 Å². The van der Waals surface area contributed by atoms with Gasteiger partial charge in [0.2, 0.25) is 0 Å². The predicted octanol–water partition coefficient (Wildman–Crippen LogP) is 3.09. The van der Waals surface area contributed by atoms with E-state index in [2.05, 4.69) is 0 Å². The molecule has 0 aromatic heterocycles. The van der Waals surface area contributed by atoms with Gasteiger partial charge in [-0.15, -0.1) is 0 Å². The van der Waals surface area contributed by atoms with Crippen molar-refractivity contribution < 1.29 is 23.3 Å². The van der Waals surface area contributed by atoms with Crippen LogP contribution in [-0.2, 0) is 23.3 Å². The second-order valence-corrected chi connectivity index (χ2v) is 9.21. The number of rotatable bonds is 3. The van der Waals surface area contributed by atoms with Crippen molar-refractivity contribution in [3.63, 3.8) is 0 Å². The molecule has 0 amide bonds. The molecule has 3 aliphatic rings. The highest BCUT2D eigenvalue weighted by molar-refractivity contribution is 7.59. The molecule has 3 aliphatic heterocycles. The number of hydrogen-bond donors (Lipinski definition) is 0. The molecule has 2 saturated heterocycles. The molecule has 1 unspecified atom stereocenters. The van der Waals surface area contributed by atoms with E-state index in [-0.39, 0.29) is 24.3 Å². The van der Waals surface area contributed by atoms with Gasteiger partial charge in [0.1, 0.15) is 18.3 Å². The van der Waals surface area contributed by atoms with Crippen LogP contribution < -0.4 is 0 Å². The number of fused-ring (bicyclic) bond motifs is 3. The highest BCUT2D eigenvalue weighted by Crippen LogP contribution is 2.60.